The lowest BCUT2D eigenvalue weighted by Crippen LogP contribution is -2.14. The number of rotatable bonds is 6. The quantitative estimate of drug-likeness (QED) is 0.455. The number of nitrogens with one attached hydrogen (secondary N) is 1. The Morgan fingerprint density at radius 3 is 2.40 bits per heavy atom. The molecule has 4 rings (SSSR count). The van der Waals surface area contributed by atoms with Crippen molar-refractivity contribution in [3.63, 3.8) is 0 Å². The first kappa shape index (κ1) is 19.5. The molecule has 4 aromatic rings. The SMILES string of the molecule is COc1ccc(C(=O)c2oc3cc(NC(=O)Cc4ccccc4)ccc3c2C)cc1. The number of ketones is 1. The van der Waals surface area contributed by atoms with Gasteiger partial charge in [0.15, 0.2) is 5.76 Å². The average Bonchev–Trinajstić information content (AvgIpc) is 3.09. The molecule has 0 saturated carbocycles. The molecular weight excluding hydrogens is 378 g/mol. The van der Waals surface area contributed by atoms with E-state index in [1.807, 2.05) is 49.4 Å². The van der Waals surface area contributed by atoms with Crippen LogP contribution in [-0.2, 0) is 11.2 Å². The van der Waals surface area contributed by atoms with Gasteiger partial charge in [-0.25, -0.2) is 0 Å². The largest absolute Gasteiger partial charge is 0.497 e. The van der Waals surface area contributed by atoms with Gasteiger partial charge in [-0.2, -0.15) is 0 Å². The maximum atomic E-state index is 12.9. The van der Waals surface area contributed by atoms with Gasteiger partial charge in [-0.15, -0.1) is 0 Å². The van der Waals surface area contributed by atoms with Crippen molar-refractivity contribution in [3.05, 3.63) is 95.2 Å². The van der Waals surface area contributed by atoms with E-state index in [-0.39, 0.29) is 18.1 Å². The number of hydrogen-bond donors (Lipinski definition) is 1. The average molecular weight is 399 g/mol. The number of fused-ring (bicyclic) bond motifs is 1. The molecule has 3 aromatic carbocycles. The Hall–Kier alpha value is -3.86. The predicted molar refractivity (Wildman–Crippen MR) is 116 cm³/mol. The van der Waals surface area contributed by atoms with Crippen LogP contribution < -0.4 is 10.1 Å². The van der Waals surface area contributed by atoms with Crippen molar-refractivity contribution in [3.8, 4) is 5.75 Å². The molecule has 0 fully saturated rings. The van der Waals surface area contributed by atoms with Crippen LogP contribution in [0.25, 0.3) is 11.0 Å². The Kier molecular flexibility index (Phi) is 5.35. The lowest BCUT2D eigenvalue weighted by atomic mass is 10.0. The zero-order valence-electron chi connectivity index (χ0n) is 16.8. The van der Waals surface area contributed by atoms with Crippen molar-refractivity contribution in [2.45, 2.75) is 13.3 Å². The smallest absolute Gasteiger partial charge is 0.228 e. The summed E-state index contributed by atoms with van der Waals surface area (Å²) >= 11 is 0. The fraction of sp³-hybridized carbons (Fsp3) is 0.120. The van der Waals surface area contributed by atoms with E-state index in [0.717, 1.165) is 16.5 Å². The number of aryl methyl sites for hydroxylation is 1. The zero-order valence-corrected chi connectivity index (χ0v) is 16.8. The standard InChI is InChI=1S/C25H21NO4/c1-16-21-13-10-19(26-23(27)14-17-6-4-3-5-7-17)15-22(21)30-25(16)24(28)18-8-11-20(29-2)12-9-18/h3-13,15H,14H2,1-2H3,(H,26,27). The van der Waals surface area contributed by atoms with Crippen molar-refractivity contribution in [2.75, 3.05) is 12.4 Å². The molecule has 1 amide bonds. The Morgan fingerprint density at radius 1 is 0.967 bits per heavy atom. The molecule has 0 atom stereocenters. The summed E-state index contributed by atoms with van der Waals surface area (Å²) in [4.78, 5) is 25.2. The van der Waals surface area contributed by atoms with Gasteiger partial charge in [-0.05, 0) is 48.9 Å². The fourth-order valence-corrected chi connectivity index (χ4v) is 3.38. The molecule has 30 heavy (non-hydrogen) atoms. The Labute approximate surface area is 174 Å². The van der Waals surface area contributed by atoms with E-state index >= 15 is 0 Å². The highest BCUT2D eigenvalue weighted by Crippen LogP contribution is 2.29. The molecular formula is C25H21NO4. The zero-order chi connectivity index (χ0) is 21.1. The van der Waals surface area contributed by atoms with Crippen LogP contribution >= 0.6 is 0 Å². The monoisotopic (exact) mass is 399 g/mol. The summed E-state index contributed by atoms with van der Waals surface area (Å²) in [6.07, 6.45) is 0.289. The summed E-state index contributed by atoms with van der Waals surface area (Å²) in [7, 11) is 1.58. The number of carbonyl (C=O) groups is 2. The van der Waals surface area contributed by atoms with E-state index < -0.39 is 0 Å². The summed E-state index contributed by atoms with van der Waals surface area (Å²) in [6.45, 7) is 1.86. The second kappa shape index (κ2) is 8.25. The first-order valence-corrected chi connectivity index (χ1v) is 9.61. The van der Waals surface area contributed by atoms with Crippen LogP contribution in [0, 0.1) is 6.92 Å². The minimum Gasteiger partial charge on any atom is -0.497 e. The molecule has 0 spiro atoms. The van der Waals surface area contributed by atoms with E-state index in [0.29, 0.717) is 28.3 Å². The molecule has 1 heterocycles. The molecule has 5 nitrogen and oxygen atoms in total. The van der Waals surface area contributed by atoms with Crippen molar-refractivity contribution in [2.24, 2.45) is 0 Å². The van der Waals surface area contributed by atoms with Crippen molar-refractivity contribution >= 4 is 28.3 Å². The summed E-state index contributed by atoms with van der Waals surface area (Å²) < 4.78 is 11.0. The fourth-order valence-electron chi connectivity index (χ4n) is 3.38. The van der Waals surface area contributed by atoms with Gasteiger partial charge in [0, 0.05) is 28.3 Å². The first-order valence-electron chi connectivity index (χ1n) is 9.61. The van der Waals surface area contributed by atoms with Crippen molar-refractivity contribution in [1.29, 1.82) is 0 Å². The van der Waals surface area contributed by atoms with Crippen LogP contribution in [0.2, 0.25) is 0 Å². The maximum absolute atomic E-state index is 12.9. The number of hydrogen-bond acceptors (Lipinski definition) is 4. The summed E-state index contributed by atoms with van der Waals surface area (Å²) in [5.41, 5.74) is 3.42. The highest BCUT2D eigenvalue weighted by molar-refractivity contribution is 6.10. The minimum absolute atomic E-state index is 0.113. The van der Waals surface area contributed by atoms with Crippen LogP contribution in [0.1, 0.15) is 27.2 Å². The van der Waals surface area contributed by atoms with E-state index in [1.54, 1.807) is 37.4 Å². The number of amides is 1. The molecule has 0 unspecified atom stereocenters. The van der Waals surface area contributed by atoms with Crippen LogP contribution in [-0.4, -0.2) is 18.8 Å². The molecule has 0 saturated heterocycles. The van der Waals surface area contributed by atoms with E-state index in [9.17, 15) is 9.59 Å². The van der Waals surface area contributed by atoms with Gasteiger partial charge in [0.2, 0.25) is 11.7 Å². The van der Waals surface area contributed by atoms with E-state index in [2.05, 4.69) is 5.32 Å². The number of carbonyl (C=O) groups excluding carboxylic acids is 2. The molecule has 0 aliphatic rings. The van der Waals surface area contributed by atoms with E-state index in [4.69, 9.17) is 9.15 Å². The van der Waals surface area contributed by atoms with E-state index in [1.165, 1.54) is 0 Å². The van der Waals surface area contributed by atoms with Crippen LogP contribution in [0.15, 0.2) is 77.2 Å². The molecule has 0 aliphatic carbocycles. The summed E-state index contributed by atoms with van der Waals surface area (Å²) in [5.74, 6) is 0.672. The molecule has 5 heteroatoms. The van der Waals surface area contributed by atoms with Crippen molar-refractivity contribution in [1.82, 2.24) is 0 Å². The third-order valence-electron chi connectivity index (χ3n) is 4.99. The van der Waals surface area contributed by atoms with Crippen molar-refractivity contribution < 1.29 is 18.7 Å². The van der Waals surface area contributed by atoms with Gasteiger partial charge >= 0.3 is 0 Å². The number of methoxy groups -OCH3 is 1. The number of furan rings is 1. The molecule has 1 N–H and O–H groups in total. The highest BCUT2D eigenvalue weighted by atomic mass is 16.5. The molecule has 1 aromatic heterocycles. The first-order chi connectivity index (χ1) is 14.5. The summed E-state index contributed by atoms with van der Waals surface area (Å²) in [6, 6.07) is 21.9. The second-order valence-electron chi connectivity index (χ2n) is 7.04. The lowest BCUT2D eigenvalue weighted by Gasteiger charge is -2.05. The summed E-state index contributed by atoms with van der Waals surface area (Å²) in [5, 5.41) is 3.73. The molecule has 0 aliphatic heterocycles. The number of anilines is 1. The molecule has 150 valence electrons. The maximum Gasteiger partial charge on any atom is 0.228 e. The van der Waals surface area contributed by atoms with Crippen LogP contribution in [0.4, 0.5) is 5.69 Å². The van der Waals surface area contributed by atoms with Gasteiger partial charge in [-0.1, -0.05) is 30.3 Å². The second-order valence-corrected chi connectivity index (χ2v) is 7.04. The van der Waals surface area contributed by atoms with Gasteiger partial charge in [0.05, 0.1) is 13.5 Å². The third-order valence-corrected chi connectivity index (χ3v) is 4.99. The van der Waals surface area contributed by atoms with Crippen LogP contribution in [0.3, 0.4) is 0 Å². The van der Waals surface area contributed by atoms with Crippen LogP contribution in [0.5, 0.6) is 5.75 Å². The predicted octanol–water partition coefficient (Wildman–Crippen LogP) is 5.16. The Bertz CT molecular complexity index is 1210. The Balaban J connectivity index is 1.56. The van der Waals surface area contributed by atoms with Gasteiger partial charge in [-0.3, -0.25) is 9.59 Å². The normalized spacial score (nSPS) is 10.7. The number of benzene rings is 3. The molecule has 0 bridgehead atoms. The highest BCUT2D eigenvalue weighted by Gasteiger charge is 2.19. The third kappa shape index (κ3) is 3.96. The lowest BCUT2D eigenvalue weighted by molar-refractivity contribution is -0.115. The van der Waals surface area contributed by atoms with Gasteiger partial charge in [0.25, 0.3) is 0 Å². The topological polar surface area (TPSA) is 68.5 Å². The van der Waals surface area contributed by atoms with Gasteiger partial charge in [0.1, 0.15) is 11.3 Å². The number of ether oxygens (including phenoxy) is 1. The minimum atomic E-state index is -0.194. The Morgan fingerprint density at radius 2 is 1.70 bits per heavy atom. The molecule has 0 radical (unpaired) electrons. The van der Waals surface area contributed by atoms with Gasteiger partial charge < -0.3 is 14.5 Å².